The molecule has 2 atom stereocenters. The molecule has 0 fully saturated rings. The van der Waals surface area contributed by atoms with Crippen LogP contribution < -0.4 is 10.9 Å². The third-order valence-corrected chi connectivity index (χ3v) is 3.19. The zero-order chi connectivity index (χ0) is 16.1. The lowest BCUT2D eigenvalue weighted by Crippen LogP contribution is -2.32. The van der Waals surface area contributed by atoms with E-state index in [0.29, 0.717) is 0 Å². The van der Waals surface area contributed by atoms with Crippen LogP contribution in [0.2, 0.25) is 0 Å². The van der Waals surface area contributed by atoms with E-state index in [0.717, 1.165) is 11.8 Å². The van der Waals surface area contributed by atoms with Crippen LogP contribution in [0.1, 0.15) is 18.5 Å². The molecule has 3 N–H and O–H groups in total. The molecular weight excluding hydrogens is 290 g/mol. The summed E-state index contributed by atoms with van der Waals surface area (Å²) in [6.45, 7) is 2.28. The third-order valence-electron chi connectivity index (χ3n) is 3.19. The predicted octanol–water partition coefficient (Wildman–Crippen LogP) is 0.191. The van der Waals surface area contributed by atoms with Gasteiger partial charge < -0.3 is 15.4 Å². The maximum atomic E-state index is 11.2. The summed E-state index contributed by atoms with van der Waals surface area (Å²) in [6, 6.07) is 3.16. The van der Waals surface area contributed by atoms with Gasteiger partial charge in [-0.1, -0.05) is 0 Å². The van der Waals surface area contributed by atoms with Crippen molar-refractivity contribution >= 4 is 5.69 Å². The number of pyridine rings is 1. The minimum Gasteiger partial charge on any atom is -0.390 e. The molecule has 22 heavy (non-hydrogen) atoms. The second kappa shape index (κ2) is 6.96. The smallest absolute Gasteiger partial charge is 0.306 e. The van der Waals surface area contributed by atoms with Crippen LogP contribution in [-0.2, 0) is 6.54 Å². The zero-order valence-electron chi connectivity index (χ0n) is 12.0. The molecule has 0 amide bonds. The van der Waals surface area contributed by atoms with Crippen LogP contribution in [0, 0.1) is 10.1 Å². The molecule has 9 heteroatoms. The Morgan fingerprint density at radius 1 is 1.59 bits per heavy atom. The van der Waals surface area contributed by atoms with E-state index in [9.17, 15) is 20.0 Å². The summed E-state index contributed by atoms with van der Waals surface area (Å²) >= 11 is 0. The van der Waals surface area contributed by atoms with Gasteiger partial charge in [-0.25, -0.2) is 0 Å². The van der Waals surface area contributed by atoms with Gasteiger partial charge in [-0.15, -0.1) is 0 Å². The van der Waals surface area contributed by atoms with Gasteiger partial charge in [0.25, 0.3) is 0 Å². The average molecular weight is 307 g/mol. The molecule has 2 heterocycles. The Morgan fingerprint density at radius 2 is 2.36 bits per heavy atom. The number of nitrogens with one attached hydrogen (secondary N) is 2. The second-order valence-corrected chi connectivity index (χ2v) is 4.95. The van der Waals surface area contributed by atoms with Gasteiger partial charge >= 0.3 is 5.69 Å². The van der Waals surface area contributed by atoms with Crippen molar-refractivity contribution in [3.63, 3.8) is 0 Å². The highest BCUT2D eigenvalue weighted by molar-refractivity contribution is 5.20. The number of aromatic nitrogens is 3. The van der Waals surface area contributed by atoms with Gasteiger partial charge in [-0.05, 0) is 18.6 Å². The lowest BCUT2D eigenvalue weighted by atomic mass is 10.1. The van der Waals surface area contributed by atoms with Crippen LogP contribution in [0.15, 0.2) is 35.5 Å². The zero-order valence-corrected chi connectivity index (χ0v) is 12.0. The first kappa shape index (κ1) is 15.9. The first-order valence-electron chi connectivity index (χ1n) is 6.72. The van der Waals surface area contributed by atoms with Crippen molar-refractivity contribution in [2.24, 2.45) is 0 Å². The Kier molecular flexibility index (Phi) is 5.02. The van der Waals surface area contributed by atoms with E-state index < -0.39 is 11.0 Å². The van der Waals surface area contributed by atoms with Gasteiger partial charge in [0.15, 0.2) is 0 Å². The van der Waals surface area contributed by atoms with Crippen LogP contribution in [-0.4, -0.2) is 37.4 Å². The first-order chi connectivity index (χ1) is 10.5. The topological polar surface area (TPSA) is 126 Å². The Hall–Kier alpha value is -2.52. The Bertz CT molecular complexity index is 695. The molecule has 2 rings (SSSR count). The quantitative estimate of drug-likeness (QED) is 0.495. The summed E-state index contributed by atoms with van der Waals surface area (Å²) in [5, 5.41) is 27.4. The van der Waals surface area contributed by atoms with E-state index >= 15 is 0 Å². The molecular formula is C13H17N5O4. The molecule has 0 saturated carbocycles. The largest absolute Gasteiger partial charge is 0.390 e. The number of nitrogens with zero attached hydrogens (tertiary/aromatic N) is 3. The number of hydrogen-bond donors (Lipinski definition) is 3. The van der Waals surface area contributed by atoms with Crippen molar-refractivity contribution in [3.8, 4) is 0 Å². The lowest BCUT2D eigenvalue weighted by molar-refractivity contribution is -0.385. The van der Waals surface area contributed by atoms with Gasteiger partial charge in [0.2, 0.25) is 5.56 Å². The number of rotatable bonds is 7. The number of aromatic amines is 1. The fourth-order valence-electron chi connectivity index (χ4n) is 1.99. The number of nitro groups is 1. The maximum absolute atomic E-state index is 11.2. The first-order valence-corrected chi connectivity index (χ1v) is 6.72. The highest BCUT2D eigenvalue weighted by Gasteiger charge is 2.13. The summed E-state index contributed by atoms with van der Waals surface area (Å²) in [7, 11) is 0. The highest BCUT2D eigenvalue weighted by Crippen LogP contribution is 2.10. The van der Waals surface area contributed by atoms with E-state index in [1.165, 1.54) is 16.9 Å². The summed E-state index contributed by atoms with van der Waals surface area (Å²) in [5.74, 6) is 0. The lowest BCUT2D eigenvalue weighted by Gasteiger charge is -2.17. The molecule has 9 nitrogen and oxygen atoms in total. The second-order valence-electron chi connectivity index (χ2n) is 4.95. The number of hydrogen-bond acceptors (Lipinski definition) is 6. The molecule has 0 aliphatic heterocycles. The fraction of sp³-hybridized carbons (Fsp3) is 0.385. The van der Waals surface area contributed by atoms with Crippen molar-refractivity contribution in [2.45, 2.75) is 25.6 Å². The highest BCUT2D eigenvalue weighted by atomic mass is 16.6. The minimum atomic E-state index is -0.760. The fourth-order valence-corrected chi connectivity index (χ4v) is 1.99. The SMILES string of the molecule is CC(NCC(O)Cn1cc([N+](=O)[O-])cn1)c1cc[nH]c(=O)c1. The maximum Gasteiger partial charge on any atom is 0.306 e. The normalized spacial score (nSPS) is 13.7. The van der Waals surface area contributed by atoms with Crippen LogP contribution in [0.4, 0.5) is 5.69 Å². The molecule has 0 spiro atoms. The van der Waals surface area contributed by atoms with Gasteiger partial charge in [0.1, 0.15) is 12.4 Å². The molecule has 2 unspecified atom stereocenters. The van der Waals surface area contributed by atoms with E-state index in [1.807, 2.05) is 6.92 Å². The van der Waals surface area contributed by atoms with Crippen molar-refractivity contribution < 1.29 is 10.0 Å². The Balaban J connectivity index is 1.85. The van der Waals surface area contributed by atoms with E-state index in [1.54, 1.807) is 12.3 Å². The van der Waals surface area contributed by atoms with Gasteiger partial charge in [0, 0.05) is 24.8 Å². The molecule has 0 bridgehead atoms. The molecule has 0 radical (unpaired) electrons. The molecule has 0 aliphatic carbocycles. The van der Waals surface area contributed by atoms with Crippen molar-refractivity contribution in [1.82, 2.24) is 20.1 Å². The van der Waals surface area contributed by atoms with Gasteiger partial charge in [-0.3, -0.25) is 19.6 Å². The Morgan fingerprint density at radius 3 is 3.00 bits per heavy atom. The molecule has 2 aromatic rings. The Labute approximate surface area is 125 Å². The van der Waals surface area contributed by atoms with Crippen LogP contribution in [0.5, 0.6) is 0 Å². The summed E-state index contributed by atoms with van der Waals surface area (Å²) in [5.41, 5.74) is 0.512. The van der Waals surface area contributed by atoms with E-state index in [-0.39, 0.29) is 30.4 Å². The van der Waals surface area contributed by atoms with Gasteiger partial charge in [0.05, 0.1) is 17.6 Å². The van der Waals surface area contributed by atoms with E-state index in [4.69, 9.17) is 0 Å². The molecule has 0 saturated heterocycles. The van der Waals surface area contributed by atoms with Crippen LogP contribution in [0.25, 0.3) is 0 Å². The van der Waals surface area contributed by atoms with Crippen LogP contribution in [0.3, 0.4) is 0 Å². The minimum absolute atomic E-state index is 0.107. The molecule has 0 aliphatic rings. The number of aliphatic hydroxyl groups excluding tert-OH is 1. The summed E-state index contributed by atoms with van der Waals surface area (Å²) in [6.07, 6.45) is 3.21. The molecule has 0 aromatic carbocycles. The standard InChI is InChI=1S/C13H17N5O4/c1-9(10-2-3-14-13(20)4-10)15-6-12(19)8-17-7-11(5-16-17)18(21)22/h2-5,7,9,12,15,19H,6,8H2,1H3,(H,14,20). The molecule has 2 aromatic heterocycles. The summed E-state index contributed by atoms with van der Waals surface area (Å²) < 4.78 is 1.32. The monoisotopic (exact) mass is 307 g/mol. The molecule has 118 valence electrons. The number of H-pyrrole nitrogens is 1. The summed E-state index contributed by atoms with van der Waals surface area (Å²) in [4.78, 5) is 23.8. The van der Waals surface area contributed by atoms with Gasteiger partial charge in [-0.2, -0.15) is 5.10 Å². The van der Waals surface area contributed by atoms with E-state index in [2.05, 4.69) is 15.4 Å². The van der Waals surface area contributed by atoms with Crippen molar-refractivity contribution in [2.75, 3.05) is 6.54 Å². The predicted molar refractivity (Wildman–Crippen MR) is 78.4 cm³/mol. The number of aliphatic hydroxyl groups is 1. The van der Waals surface area contributed by atoms with Crippen molar-refractivity contribution in [3.05, 3.63) is 56.8 Å². The third kappa shape index (κ3) is 4.24. The van der Waals surface area contributed by atoms with Crippen molar-refractivity contribution in [1.29, 1.82) is 0 Å². The van der Waals surface area contributed by atoms with Crippen LogP contribution >= 0.6 is 0 Å². The average Bonchev–Trinajstić information content (AvgIpc) is 2.93.